The van der Waals surface area contributed by atoms with Gasteiger partial charge in [-0.05, 0) is 25.2 Å². The summed E-state index contributed by atoms with van der Waals surface area (Å²) in [5.41, 5.74) is -2.12. The van der Waals surface area contributed by atoms with Crippen LogP contribution in [0.15, 0.2) is 12.1 Å². The fourth-order valence-electron chi connectivity index (χ4n) is 3.17. The van der Waals surface area contributed by atoms with E-state index in [4.69, 9.17) is 0 Å². The van der Waals surface area contributed by atoms with Crippen molar-refractivity contribution in [1.82, 2.24) is 0 Å². The molecule has 0 saturated heterocycles. The maximum Gasteiger partial charge on any atom is 0.422 e. The molecule has 0 amide bonds. The number of benzene rings is 1. The van der Waals surface area contributed by atoms with Crippen LogP contribution in [0.4, 0.5) is 30.7 Å². The van der Waals surface area contributed by atoms with Crippen molar-refractivity contribution in [1.29, 1.82) is 0 Å². The minimum Gasteiger partial charge on any atom is -0.432 e. The molecule has 2 unspecified atom stereocenters. The lowest BCUT2D eigenvalue weighted by Gasteiger charge is -2.24. The van der Waals surface area contributed by atoms with Gasteiger partial charge in [-0.25, -0.2) is 8.78 Å². The van der Waals surface area contributed by atoms with E-state index < -0.39 is 41.2 Å². The first kappa shape index (κ1) is 18.9. The summed E-state index contributed by atoms with van der Waals surface area (Å²) < 4.78 is 96.9. The van der Waals surface area contributed by atoms with E-state index in [0.29, 0.717) is 6.42 Å². The highest BCUT2D eigenvalue weighted by atomic mass is 19.4. The molecule has 1 aliphatic carbocycles. The lowest BCUT2D eigenvalue weighted by molar-refractivity contribution is -0.215. The van der Waals surface area contributed by atoms with Crippen molar-refractivity contribution in [2.45, 2.75) is 51.3 Å². The normalized spacial score (nSPS) is 22.0. The molecule has 1 aromatic carbocycles. The molecule has 0 N–H and O–H groups in total. The Bertz CT molecular complexity index is 559. The van der Waals surface area contributed by atoms with Gasteiger partial charge < -0.3 is 4.74 Å². The molecule has 0 aliphatic heterocycles. The maximum atomic E-state index is 14.1. The number of ether oxygens (including phenoxy) is 1. The van der Waals surface area contributed by atoms with E-state index in [-0.39, 0.29) is 30.9 Å². The molecular formula is C16H17F7O. The summed E-state index contributed by atoms with van der Waals surface area (Å²) in [6.07, 6.45) is -6.27. The lowest BCUT2D eigenvalue weighted by Crippen LogP contribution is -2.33. The standard InChI is InChI=1S/C16H17F7O/c1-2-3-9-4-5-10(6-9)16(22,23)24-11-7-12(17)14(13(18)8-11)15(19,20)21/h7-10H,2-6H2,1H3. The Labute approximate surface area is 134 Å². The first-order valence-electron chi connectivity index (χ1n) is 7.67. The molecule has 1 aliphatic rings. The molecule has 1 fully saturated rings. The van der Waals surface area contributed by atoms with Crippen LogP contribution in [0.25, 0.3) is 0 Å². The van der Waals surface area contributed by atoms with Crippen LogP contribution in [0.3, 0.4) is 0 Å². The first-order valence-corrected chi connectivity index (χ1v) is 7.67. The topological polar surface area (TPSA) is 9.23 Å². The van der Waals surface area contributed by atoms with Crippen LogP contribution < -0.4 is 4.74 Å². The van der Waals surface area contributed by atoms with E-state index in [1.807, 2.05) is 6.92 Å². The Hall–Kier alpha value is -1.47. The molecule has 0 heterocycles. The van der Waals surface area contributed by atoms with Crippen molar-refractivity contribution >= 4 is 0 Å². The van der Waals surface area contributed by atoms with Gasteiger partial charge in [-0.15, -0.1) is 0 Å². The van der Waals surface area contributed by atoms with Crippen molar-refractivity contribution in [2.75, 3.05) is 0 Å². The monoisotopic (exact) mass is 358 g/mol. The molecule has 1 nitrogen and oxygen atoms in total. The lowest BCUT2D eigenvalue weighted by atomic mass is 10.00. The van der Waals surface area contributed by atoms with Crippen molar-refractivity contribution < 1.29 is 35.5 Å². The van der Waals surface area contributed by atoms with Crippen LogP contribution in [0.5, 0.6) is 5.75 Å². The third-order valence-electron chi connectivity index (χ3n) is 4.27. The minimum atomic E-state index is -5.26. The van der Waals surface area contributed by atoms with Crippen LogP contribution in [0, 0.1) is 23.5 Å². The fraction of sp³-hybridized carbons (Fsp3) is 0.625. The molecule has 0 bridgehead atoms. The zero-order valence-corrected chi connectivity index (χ0v) is 12.9. The van der Waals surface area contributed by atoms with Crippen LogP contribution in [0.1, 0.15) is 44.6 Å². The highest BCUT2D eigenvalue weighted by Gasteiger charge is 2.46. The van der Waals surface area contributed by atoms with Crippen molar-refractivity contribution in [3.63, 3.8) is 0 Å². The van der Waals surface area contributed by atoms with E-state index in [1.165, 1.54) is 0 Å². The number of rotatable bonds is 5. The Kier molecular flexibility index (Phi) is 5.34. The van der Waals surface area contributed by atoms with Gasteiger partial charge in [-0.3, -0.25) is 0 Å². The molecule has 2 rings (SSSR count). The molecular weight excluding hydrogens is 341 g/mol. The quantitative estimate of drug-likeness (QED) is 0.572. The average molecular weight is 358 g/mol. The zero-order valence-electron chi connectivity index (χ0n) is 12.9. The Balaban J connectivity index is 2.16. The van der Waals surface area contributed by atoms with Gasteiger partial charge in [0.05, 0.1) is 5.92 Å². The van der Waals surface area contributed by atoms with Crippen LogP contribution in [-0.4, -0.2) is 6.11 Å². The van der Waals surface area contributed by atoms with Crippen LogP contribution in [0.2, 0.25) is 0 Å². The zero-order chi connectivity index (χ0) is 18.1. The van der Waals surface area contributed by atoms with Gasteiger partial charge in [0.25, 0.3) is 0 Å². The first-order chi connectivity index (χ1) is 11.0. The van der Waals surface area contributed by atoms with Gasteiger partial charge in [0.1, 0.15) is 22.9 Å². The van der Waals surface area contributed by atoms with E-state index in [0.717, 1.165) is 12.8 Å². The fourth-order valence-corrected chi connectivity index (χ4v) is 3.17. The SMILES string of the molecule is CCCC1CCC(C(F)(F)Oc2cc(F)c(C(F)(F)F)c(F)c2)C1. The third kappa shape index (κ3) is 4.13. The van der Waals surface area contributed by atoms with Gasteiger partial charge in [0.2, 0.25) is 0 Å². The Morgan fingerprint density at radius 3 is 2.12 bits per heavy atom. The summed E-state index contributed by atoms with van der Waals surface area (Å²) in [6.45, 7) is 1.94. The molecule has 2 atom stereocenters. The number of halogens is 7. The molecule has 1 aromatic rings. The smallest absolute Gasteiger partial charge is 0.422 e. The second kappa shape index (κ2) is 6.80. The Morgan fingerprint density at radius 1 is 1.04 bits per heavy atom. The van der Waals surface area contributed by atoms with Gasteiger partial charge in [-0.2, -0.15) is 22.0 Å². The van der Waals surface area contributed by atoms with Crippen LogP contribution in [-0.2, 0) is 6.18 Å². The summed E-state index contributed by atoms with van der Waals surface area (Å²) in [6, 6.07) is 0.274. The molecule has 24 heavy (non-hydrogen) atoms. The summed E-state index contributed by atoms with van der Waals surface area (Å²) in [5.74, 6) is -5.91. The number of hydrogen-bond acceptors (Lipinski definition) is 1. The minimum absolute atomic E-state index is 0.135. The van der Waals surface area contributed by atoms with Crippen molar-refractivity contribution in [2.24, 2.45) is 11.8 Å². The number of alkyl halides is 5. The predicted molar refractivity (Wildman–Crippen MR) is 72.7 cm³/mol. The largest absolute Gasteiger partial charge is 0.432 e. The van der Waals surface area contributed by atoms with Crippen molar-refractivity contribution in [3.8, 4) is 5.75 Å². The van der Waals surface area contributed by atoms with Crippen molar-refractivity contribution in [3.05, 3.63) is 29.3 Å². The van der Waals surface area contributed by atoms with E-state index in [2.05, 4.69) is 4.74 Å². The van der Waals surface area contributed by atoms with Gasteiger partial charge in [-0.1, -0.05) is 19.8 Å². The second-order valence-corrected chi connectivity index (χ2v) is 6.09. The van der Waals surface area contributed by atoms with Crippen LogP contribution >= 0.6 is 0 Å². The van der Waals surface area contributed by atoms with E-state index in [1.54, 1.807) is 0 Å². The van der Waals surface area contributed by atoms with Gasteiger partial charge >= 0.3 is 12.3 Å². The highest BCUT2D eigenvalue weighted by molar-refractivity contribution is 5.32. The highest BCUT2D eigenvalue weighted by Crippen LogP contribution is 2.44. The van der Waals surface area contributed by atoms with Gasteiger partial charge in [0, 0.05) is 12.1 Å². The van der Waals surface area contributed by atoms with Gasteiger partial charge in [0.15, 0.2) is 0 Å². The average Bonchev–Trinajstić information content (AvgIpc) is 2.85. The van der Waals surface area contributed by atoms with E-state index in [9.17, 15) is 30.7 Å². The molecule has 136 valence electrons. The summed E-state index contributed by atoms with van der Waals surface area (Å²) in [4.78, 5) is 0. The second-order valence-electron chi connectivity index (χ2n) is 6.09. The predicted octanol–water partition coefficient (Wildman–Crippen LogP) is 6.17. The third-order valence-corrected chi connectivity index (χ3v) is 4.27. The molecule has 8 heteroatoms. The number of hydrogen-bond donors (Lipinski definition) is 0. The molecule has 1 saturated carbocycles. The molecule has 0 aromatic heterocycles. The summed E-state index contributed by atoms with van der Waals surface area (Å²) in [7, 11) is 0. The molecule has 0 spiro atoms. The van der Waals surface area contributed by atoms with E-state index >= 15 is 0 Å². The Morgan fingerprint density at radius 2 is 1.62 bits per heavy atom. The summed E-state index contributed by atoms with van der Waals surface area (Å²) >= 11 is 0. The molecule has 0 radical (unpaired) electrons. The maximum absolute atomic E-state index is 14.1. The summed E-state index contributed by atoms with van der Waals surface area (Å²) in [5, 5.41) is 0.